The lowest BCUT2D eigenvalue weighted by atomic mass is 10.2. The molecule has 3 rings (SSSR count). The third-order valence-corrected chi connectivity index (χ3v) is 5.13. The number of aliphatic imine (C=N–C) groups is 1. The number of methoxy groups -OCH3 is 1. The van der Waals surface area contributed by atoms with Gasteiger partial charge in [-0.25, -0.2) is 0 Å². The number of rotatable bonds is 6. The van der Waals surface area contributed by atoms with Gasteiger partial charge in [0.25, 0.3) is 0 Å². The van der Waals surface area contributed by atoms with Crippen LogP contribution < -0.4 is 9.47 Å². The van der Waals surface area contributed by atoms with Gasteiger partial charge >= 0.3 is 0 Å². The first-order valence-electron chi connectivity index (χ1n) is 8.41. The molecule has 3 aromatic rings. The van der Waals surface area contributed by atoms with Gasteiger partial charge in [0.15, 0.2) is 11.5 Å². The molecule has 0 aliphatic carbocycles. The van der Waals surface area contributed by atoms with Gasteiger partial charge in [0.05, 0.1) is 17.3 Å². The molecular formula is C22H19Br2NO2. The summed E-state index contributed by atoms with van der Waals surface area (Å²) in [5.41, 5.74) is 4.09. The summed E-state index contributed by atoms with van der Waals surface area (Å²) in [5, 5.41) is 0. The molecule has 0 saturated heterocycles. The van der Waals surface area contributed by atoms with Crippen molar-refractivity contribution < 1.29 is 9.47 Å². The first kappa shape index (κ1) is 19.6. The van der Waals surface area contributed by atoms with Gasteiger partial charge in [0, 0.05) is 10.7 Å². The van der Waals surface area contributed by atoms with Gasteiger partial charge in [-0.05, 0) is 69.9 Å². The number of para-hydroxylation sites is 1. The van der Waals surface area contributed by atoms with E-state index in [1.54, 1.807) is 7.11 Å². The topological polar surface area (TPSA) is 30.8 Å². The van der Waals surface area contributed by atoms with Crippen LogP contribution in [-0.2, 0) is 6.61 Å². The highest BCUT2D eigenvalue weighted by Crippen LogP contribution is 2.37. The molecule has 3 nitrogen and oxygen atoms in total. The van der Waals surface area contributed by atoms with Crippen LogP contribution in [0, 0.1) is 6.92 Å². The van der Waals surface area contributed by atoms with Crippen molar-refractivity contribution in [3.8, 4) is 11.5 Å². The fourth-order valence-electron chi connectivity index (χ4n) is 2.54. The number of benzene rings is 3. The van der Waals surface area contributed by atoms with E-state index in [4.69, 9.17) is 9.47 Å². The summed E-state index contributed by atoms with van der Waals surface area (Å²) in [6, 6.07) is 20.0. The van der Waals surface area contributed by atoms with Crippen LogP contribution in [0.3, 0.4) is 0 Å². The molecular weight excluding hydrogens is 470 g/mol. The van der Waals surface area contributed by atoms with Crippen LogP contribution in [0.15, 0.2) is 74.6 Å². The van der Waals surface area contributed by atoms with Crippen LogP contribution >= 0.6 is 31.9 Å². The minimum Gasteiger partial charge on any atom is -0.493 e. The lowest BCUT2D eigenvalue weighted by Gasteiger charge is -2.13. The van der Waals surface area contributed by atoms with Crippen molar-refractivity contribution in [3.05, 3.63) is 86.3 Å². The Morgan fingerprint density at radius 3 is 2.44 bits per heavy atom. The Morgan fingerprint density at radius 1 is 1.00 bits per heavy atom. The van der Waals surface area contributed by atoms with Gasteiger partial charge in [0.1, 0.15) is 6.61 Å². The lowest BCUT2D eigenvalue weighted by molar-refractivity contribution is 0.282. The molecule has 0 radical (unpaired) electrons. The Bertz CT molecular complexity index is 953. The maximum absolute atomic E-state index is 5.99. The second-order valence-corrected chi connectivity index (χ2v) is 7.76. The van der Waals surface area contributed by atoms with Crippen molar-refractivity contribution in [2.45, 2.75) is 13.5 Å². The number of hydrogen-bond acceptors (Lipinski definition) is 3. The molecule has 0 heterocycles. The highest BCUT2D eigenvalue weighted by Gasteiger charge is 2.11. The van der Waals surface area contributed by atoms with Crippen molar-refractivity contribution in [1.82, 2.24) is 0 Å². The van der Waals surface area contributed by atoms with E-state index in [-0.39, 0.29) is 0 Å². The summed E-state index contributed by atoms with van der Waals surface area (Å²) in [5.74, 6) is 1.33. The quantitative estimate of drug-likeness (QED) is 0.355. The molecule has 0 spiro atoms. The first-order chi connectivity index (χ1) is 13.1. The standard InChI is InChI=1S/C22H19Br2NO2/c1-15-5-3-4-6-20(15)25-13-17-11-19(24)22(21(12-17)26-2)27-14-16-7-9-18(23)10-8-16/h3-13H,14H2,1-2H3. The highest BCUT2D eigenvalue weighted by atomic mass is 79.9. The number of aryl methyl sites for hydroxylation is 1. The largest absolute Gasteiger partial charge is 0.493 e. The SMILES string of the molecule is COc1cc(C=Nc2ccccc2C)cc(Br)c1OCc1ccc(Br)cc1. The molecule has 138 valence electrons. The molecule has 0 atom stereocenters. The molecule has 0 fully saturated rings. The zero-order valence-electron chi connectivity index (χ0n) is 15.1. The van der Waals surface area contributed by atoms with Crippen molar-refractivity contribution in [2.75, 3.05) is 7.11 Å². The predicted molar refractivity (Wildman–Crippen MR) is 118 cm³/mol. The average molecular weight is 489 g/mol. The Morgan fingerprint density at radius 2 is 1.74 bits per heavy atom. The van der Waals surface area contributed by atoms with E-state index >= 15 is 0 Å². The zero-order chi connectivity index (χ0) is 19.2. The Labute approximate surface area is 176 Å². The van der Waals surface area contributed by atoms with E-state index in [1.807, 2.05) is 73.8 Å². The molecule has 0 amide bonds. The van der Waals surface area contributed by atoms with Gasteiger partial charge in [-0.2, -0.15) is 0 Å². The van der Waals surface area contributed by atoms with Gasteiger partial charge in [-0.3, -0.25) is 4.99 Å². The van der Waals surface area contributed by atoms with E-state index in [1.165, 1.54) is 0 Å². The maximum Gasteiger partial charge on any atom is 0.175 e. The number of ether oxygens (including phenoxy) is 2. The molecule has 0 aromatic heterocycles. The molecule has 5 heteroatoms. The molecule has 0 N–H and O–H groups in total. The molecule has 0 unspecified atom stereocenters. The summed E-state index contributed by atoms with van der Waals surface area (Å²) in [7, 11) is 1.64. The third kappa shape index (κ3) is 5.21. The van der Waals surface area contributed by atoms with E-state index in [9.17, 15) is 0 Å². The van der Waals surface area contributed by atoms with Crippen LogP contribution in [0.5, 0.6) is 11.5 Å². The molecule has 0 saturated carbocycles. The zero-order valence-corrected chi connectivity index (χ0v) is 18.2. The third-order valence-electron chi connectivity index (χ3n) is 4.02. The minimum absolute atomic E-state index is 0.457. The van der Waals surface area contributed by atoms with Gasteiger partial charge in [-0.1, -0.05) is 46.3 Å². The number of nitrogens with zero attached hydrogens (tertiary/aromatic N) is 1. The van der Waals surface area contributed by atoms with Crippen molar-refractivity contribution in [2.24, 2.45) is 4.99 Å². The van der Waals surface area contributed by atoms with Crippen molar-refractivity contribution >= 4 is 43.8 Å². The summed E-state index contributed by atoms with van der Waals surface area (Å²) >= 11 is 7.03. The van der Waals surface area contributed by atoms with Crippen LogP contribution in [0.1, 0.15) is 16.7 Å². The summed E-state index contributed by atoms with van der Waals surface area (Å²) in [6.45, 7) is 2.50. The Kier molecular flexibility index (Phi) is 6.69. The predicted octanol–water partition coefficient (Wildman–Crippen LogP) is 6.86. The van der Waals surface area contributed by atoms with Gasteiger partial charge < -0.3 is 9.47 Å². The molecule has 3 aromatic carbocycles. The number of hydrogen-bond donors (Lipinski definition) is 0. The second-order valence-electron chi connectivity index (χ2n) is 5.99. The fourth-order valence-corrected chi connectivity index (χ4v) is 3.38. The fraction of sp³-hybridized carbons (Fsp3) is 0.136. The monoisotopic (exact) mass is 487 g/mol. The molecule has 0 aliphatic rings. The van der Waals surface area contributed by atoms with Gasteiger partial charge in [0.2, 0.25) is 0 Å². The Balaban J connectivity index is 1.80. The van der Waals surface area contributed by atoms with E-state index in [0.717, 1.165) is 31.3 Å². The normalized spacial score (nSPS) is 11.0. The molecule has 0 bridgehead atoms. The van der Waals surface area contributed by atoms with Crippen LogP contribution in [0.25, 0.3) is 0 Å². The lowest BCUT2D eigenvalue weighted by Crippen LogP contribution is -1.99. The number of halogens is 2. The van der Waals surface area contributed by atoms with E-state index in [0.29, 0.717) is 18.1 Å². The van der Waals surface area contributed by atoms with Crippen LogP contribution in [-0.4, -0.2) is 13.3 Å². The molecule has 0 aliphatic heterocycles. The van der Waals surface area contributed by atoms with Crippen molar-refractivity contribution in [3.63, 3.8) is 0 Å². The first-order valence-corrected chi connectivity index (χ1v) is 10.00. The van der Waals surface area contributed by atoms with E-state index in [2.05, 4.69) is 36.9 Å². The second kappa shape index (κ2) is 9.20. The maximum atomic E-state index is 5.99. The van der Waals surface area contributed by atoms with E-state index < -0.39 is 0 Å². The summed E-state index contributed by atoms with van der Waals surface area (Å²) in [4.78, 5) is 4.58. The van der Waals surface area contributed by atoms with Crippen LogP contribution in [0.2, 0.25) is 0 Å². The average Bonchev–Trinajstić information content (AvgIpc) is 2.67. The molecule has 27 heavy (non-hydrogen) atoms. The summed E-state index contributed by atoms with van der Waals surface area (Å²) in [6.07, 6.45) is 1.83. The minimum atomic E-state index is 0.457. The smallest absolute Gasteiger partial charge is 0.175 e. The summed E-state index contributed by atoms with van der Waals surface area (Å²) < 4.78 is 13.4. The highest BCUT2D eigenvalue weighted by molar-refractivity contribution is 9.10. The van der Waals surface area contributed by atoms with Crippen LogP contribution in [0.4, 0.5) is 5.69 Å². The van der Waals surface area contributed by atoms with Crippen molar-refractivity contribution in [1.29, 1.82) is 0 Å². The van der Waals surface area contributed by atoms with Gasteiger partial charge in [-0.15, -0.1) is 0 Å². The Hall–Kier alpha value is -2.11.